The van der Waals surface area contributed by atoms with E-state index in [-0.39, 0.29) is 11.9 Å². The molecule has 0 fully saturated rings. The Kier molecular flexibility index (Phi) is 5.46. The highest BCUT2D eigenvalue weighted by Crippen LogP contribution is 2.36. The van der Waals surface area contributed by atoms with Crippen LogP contribution in [0.4, 0.5) is 0 Å². The van der Waals surface area contributed by atoms with Crippen molar-refractivity contribution >= 4 is 12.0 Å². The lowest BCUT2D eigenvalue weighted by atomic mass is 9.90. The highest BCUT2D eigenvalue weighted by molar-refractivity contribution is 5.96. The van der Waals surface area contributed by atoms with Gasteiger partial charge < -0.3 is 18.9 Å². The van der Waals surface area contributed by atoms with Crippen molar-refractivity contribution in [3.8, 4) is 17.2 Å². The molecule has 0 saturated heterocycles. The predicted molar refractivity (Wildman–Crippen MR) is 98.8 cm³/mol. The fourth-order valence-electron chi connectivity index (χ4n) is 2.96. The summed E-state index contributed by atoms with van der Waals surface area (Å²) in [5.74, 6) is 1.60. The zero-order chi connectivity index (χ0) is 18.5. The first-order valence-corrected chi connectivity index (χ1v) is 8.49. The topological polar surface area (TPSA) is 54.0 Å². The Morgan fingerprint density at radius 3 is 2.42 bits per heavy atom. The molecule has 0 aliphatic carbocycles. The fraction of sp³-hybridized carbons (Fsp3) is 0.286. The summed E-state index contributed by atoms with van der Waals surface area (Å²) in [6.07, 6.45) is 1.83. The maximum atomic E-state index is 12.6. The van der Waals surface area contributed by atoms with Crippen LogP contribution in [0.2, 0.25) is 0 Å². The number of methoxy groups -OCH3 is 2. The van der Waals surface area contributed by atoms with Gasteiger partial charge in [-0.15, -0.1) is 0 Å². The molecule has 26 heavy (non-hydrogen) atoms. The van der Waals surface area contributed by atoms with Crippen molar-refractivity contribution < 1.29 is 23.7 Å². The van der Waals surface area contributed by atoms with E-state index in [1.165, 1.54) is 0 Å². The summed E-state index contributed by atoms with van der Waals surface area (Å²) in [6, 6.07) is 13.2. The molecule has 0 saturated carbocycles. The molecule has 1 unspecified atom stereocenters. The van der Waals surface area contributed by atoms with Gasteiger partial charge in [-0.1, -0.05) is 12.1 Å². The van der Waals surface area contributed by atoms with Crippen molar-refractivity contribution in [2.24, 2.45) is 0 Å². The first-order chi connectivity index (χ1) is 12.7. The zero-order valence-corrected chi connectivity index (χ0v) is 15.2. The van der Waals surface area contributed by atoms with E-state index in [0.29, 0.717) is 30.3 Å². The molecule has 2 aromatic rings. The van der Waals surface area contributed by atoms with Gasteiger partial charge in [0, 0.05) is 11.1 Å². The van der Waals surface area contributed by atoms with Gasteiger partial charge in [0.1, 0.15) is 17.2 Å². The first-order valence-electron chi connectivity index (χ1n) is 8.49. The van der Waals surface area contributed by atoms with Crippen LogP contribution in [0.1, 0.15) is 24.0 Å². The molecule has 0 amide bonds. The number of benzene rings is 2. The van der Waals surface area contributed by atoms with Gasteiger partial charge in [-0.3, -0.25) is 0 Å². The number of fused-ring (bicyclic) bond motifs is 1. The second kappa shape index (κ2) is 7.95. The van der Waals surface area contributed by atoms with Crippen molar-refractivity contribution in [2.45, 2.75) is 12.8 Å². The van der Waals surface area contributed by atoms with E-state index >= 15 is 0 Å². The van der Waals surface area contributed by atoms with Crippen LogP contribution >= 0.6 is 0 Å². The van der Waals surface area contributed by atoms with Crippen molar-refractivity contribution in [3.05, 3.63) is 59.2 Å². The third kappa shape index (κ3) is 3.67. The molecule has 0 N–H and O–H groups in total. The van der Waals surface area contributed by atoms with E-state index in [2.05, 4.69) is 0 Å². The molecule has 1 heterocycles. The van der Waals surface area contributed by atoms with Gasteiger partial charge in [-0.25, -0.2) is 4.79 Å². The number of hydrogen-bond donors (Lipinski definition) is 0. The molecule has 5 heteroatoms. The quantitative estimate of drug-likeness (QED) is 0.764. The summed E-state index contributed by atoms with van der Waals surface area (Å²) in [4.78, 5) is 12.6. The Hall–Kier alpha value is -2.95. The number of esters is 1. The third-order valence-corrected chi connectivity index (χ3v) is 4.34. The van der Waals surface area contributed by atoms with Crippen molar-refractivity contribution in [1.29, 1.82) is 0 Å². The van der Waals surface area contributed by atoms with Crippen LogP contribution in [-0.2, 0) is 9.53 Å². The van der Waals surface area contributed by atoms with Gasteiger partial charge in [0.15, 0.2) is 0 Å². The Balaban J connectivity index is 2.04. The molecule has 0 bridgehead atoms. The summed E-state index contributed by atoms with van der Waals surface area (Å²) in [7, 11) is 3.23. The summed E-state index contributed by atoms with van der Waals surface area (Å²) in [6.45, 7) is 2.46. The minimum Gasteiger partial charge on any atom is -0.497 e. The van der Waals surface area contributed by atoms with E-state index in [9.17, 15) is 4.79 Å². The van der Waals surface area contributed by atoms with Crippen molar-refractivity contribution in [1.82, 2.24) is 0 Å². The largest absolute Gasteiger partial charge is 0.497 e. The SMILES string of the molecule is CCOC(=O)C1=Cc2cc(OC)ccc2OCC1c1ccc(OC)cc1. The summed E-state index contributed by atoms with van der Waals surface area (Å²) >= 11 is 0. The molecule has 0 radical (unpaired) electrons. The number of ether oxygens (including phenoxy) is 4. The number of carbonyl (C=O) groups excluding carboxylic acids is 1. The van der Waals surface area contributed by atoms with E-state index in [0.717, 1.165) is 16.9 Å². The minimum absolute atomic E-state index is 0.238. The highest BCUT2D eigenvalue weighted by atomic mass is 16.5. The Morgan fingerprint density at radius 2 is 1.77 bits per heavy atom. The lowest BCUT2D eigenvalue weighted by molar-refractivity contribution is -0.138. The summed E-state index contributed by atoms with van der Waals surface area (Å²) in [5, 5.41) is 0. The van der Waals surface area contributed by atoms with Gasteiger partial charge in [-0.05, 0) is 48.9 Å². The molecule has 1 aliphatic rings. The minimum atomic E-state index is -0.340. The van der Waals surface area contributed by atoms with Gasteiger partial charge in [0.05, 0.1) is 33.4 Å². The molecule has 0 spiro atoms. The zero-order valence-electron chi connectivity index (χ0n) is 15.2. The van der Waals surface area contributed by atoms with E-state index in [1.807, 2.05) is 48.5 Å². The predicted octanol–water partition coefficient (Wildman–Crippen LogP) is 3.83. The van der Waals surface area contributed by atoms with Crippen LogP contribution in [0.3, 0.4) is 0 Å². The molecule has 0 aromatic heterocycles. The lowest BCUT2D eigenvalue weighted by Gasteiger charge is -2.18. The fourth-order valence-corrected chi connectivity index (χ4v) is 2.96. The number of rotatable bonds is 5. The standard InChI is InChI=1S/C21H22O5/c1-4-25-21(22)18-12-15-11-17(24-3)9-10-20(15)26-13-19(18)14-5-7-16(23-2)8-6-14/h5-12,19H,4,13H2,1-3H3. The molecule has 136 valence electrons. The van der Waals surface area contributed by atoms with Crippen LogP contribution in [0, 0.1) is 0 Å². The van der Waals surface area contributed by atoms with Crippen molar-refractivity contribution in [2.75, 3.05) is 27.4 Å². The van der Waals surface area contributed by atoms with Crippen LogP contribution in [0.15, 0.2) is 48.0 Å². The van der Waals surface area contributed by atoms with Crippen LogP contribution in [0.25, 0.3) is 6.08 Å². The Labute approximate surface area is 153 Å². The monoisotopic (exact) mass is 354 g/mol. The lowest BCUT2D eigenvalue weighted by Crippen LogP contribution is -2.19. The molecular weight excluding hydrogens is 332 g/mol. The van der Waals surface area contributed by atoms with Gasteiger partial charge in [0.2, 0.25) is 0 Å². The van der Waals surface area contributed by atoms with E-state index in [4.69, 9.17) is 18.9 Å². The van der Waals surface area contributed by atoms with Gasteiger partial charge >= 0.3 is 5.97 Å². The van der Waals surface area contributed by atoms with E-state index in [1.54, 1.807) is 21.1 Å². The first kappa shape index (κ1) is 17.9. The van der Waals surface area contributed by atoms with Gasteiger partial charge in [0.25, 0.3) is 0 Å². The second-order valence-corrected chi connectivity index (χ2v) is 5.86. The van der Waals surface area contributed by atoms with Crippen LogP contribution < -0.4 is 14.2 Å². The molecule has 5 nitrogen and oxygen atoms in total. The maximum absolute atomic E-state index is 12.6. The molecule has 3 rings (SSSR count). The number of hydrogen-bond acceptors (Lipinski definition) is 5. The number of carbonyl (C=O) groups is 1. The van der Waals surface area contributed by atoms with Crippen molar-refractivity contribution in [3.63, 3.8) is 0 Å². The summed E-state index contributed by atoms with van der Waals surface area (Å²) in [5.41, 5.74) is 2.32. The molecule has 2 aromatic carbocycles. The summed E-state index contributed by atoms with van der Waals surface area (Å²) < 4.78 is 21.8. The molecule has 1 aliphatic heterocycles. The third-order valence-electron chi connectivity index (χ3n) is 4.34. The average Bonchev–Trinajstić information content (AvgIpc) is 2.87. The second-order valence-electron chi connectivity index (χ2n) is 5.86. The Morgan fingerprint density at radius 1 is 1.08 bits per heavy atom. The highest BCUT2D eigenvalue weighted by Gasteiger charge is 2.28. The van der Waals surface area contributed by atoms with Crippen LogP contribution in [0.5, 0.6) is 17.2 Å². The smallest absolute Gasteiger partial charge is 0.334 e. The molecule has 1 atom stereocenters. The average molecular weight is 354 g/mol. The van der Waals surface area contributed by atoms with Crippen LogP contribution in [-0.4, -0.2) is 33.4 Å². The maximum Gasteiger partial charge on any atom is 0.334 e. The Bertz CT molecular complexity index is 808. The van der Waals surface area contributed by atoms with E-state index < -0.39 is 0 Å². The normalized spacial score (nSPS) is 15.8. The molecular formula is C21H22O5. The van der Waals surface area contributed by atoms with Gasteiger partial charge in [-0.2, -0.15) is 0 Å².